The molecule has 1 unspecified atom stereocenters. The molecule has 0 spiro atoms. The summed E-state index contributed by atoms with van der Waals surface area (Å²) in [5, 5.41) is 8.46. The van der Waals surface area contributed by atoms with E-state index in [1.54, 1.807) is 6.33 Å². The van der Waals surface area contributed by atoms with Crippen LogP contribution in [0.2, 0.25) is 0 Å². The van der Waals surface area contributed by atoms with Crippen LogP contribution in [0.1, 0.15) is 5.56 Å². The van der Waals surface area contributed by atoms with E-state index in [0.29, 0.717) is 5.25 Å². The van der Waals surface area contributed by atoms with Crippen LogP contribution in [-0.4, -0.2) is 43.7 Å². The Kier molecular flexibility index (Phi) is 3.65. The molecule has 0 aromatic carbocycles. The summed E-state index contributed by atoms with van der Waals surface area (Å²) in [5.41, 5.74) is 2.12. The molecule has 2 aromatic rings. The molecule has 0 bridgehead atoms. The van der Waals surface area contributed by atoms with Crippen molar-refractivity contribution in [3.05, 3.63) is 24.0 Å². The maximum absolute atomic E-state index is 4.25. The standard InChI is InChI=1S/C12H16N4S2/c1-9-4-11(16-12(5-9)14-8-15-16)13-6-10-7-17-2-3-18-10/h4-5,8,10,13H,2-3,6-7H2,1H3. The molecule has 1 aliphatic heterocycles. The lowest BCUT2D eigenvalue weighted by Crippen LogP contribution is -2.24. The number of aromatic nitrogens is 3. The normalized spacial score (nSPS) is 20.2. The monoisotopic (exact) mass is 280 g/mol. The van der Waals surface area contributed by atoms with Crippen molar-refractivity contribution in [2.45, 2.75) is 12.2 Å². The van der Waals surface area contributed by atoms with Crippen molar-refractivity contribution >= 4 is 35.0 Å². The van der Waals surface area contributed by atoms with Gasteiger partial charge in [-0.15, -0.1) is 0 Å². The van der Waals surface area contributed by atoms with Gasteiger partial charge in [0.2, 0.25) is 0 Å². The van der Waals surface area contributed by atoms with Crippen LogP contribution in [0.25, 0.3) is 5.65 Å². The number of anilines is 1. The van der Waals surface area contributed by atoms with Crippen LogP contribution < -0.4 is 5.32 Å². The number of hydrogen-bond donors (Lipinski definition) is 1. The second kappa shape index (κ2) is 5.40. The van der Waals surface area contributed by atoms with Gasteiger partial charge in [0.05, 0.1) is 0 Å². The van der Waals surface area contributed by atoms with Crippen LogP contribution in [0.15, 0.2) is 18.5 Å². The number of pyridine rings is 1. The van der Waals surface area contributed by atoms with Gasteiger partial charge >= 0.3 is 0 Å². The smallest absolute Gasteiger partial charge is 0.157 e. The highest BCUT2D eigenvalue weighted by Crippen LogP contribution is 2.24. The van der Waals surface area contributed by atoms with Crippen molar-refractivity contribution in [2.24, 2.45) is 0 Å². The Morgan fingerprint density at radius 1 is 1.44 bits per heavy atom. The second-order valence-corrected chi connectivity index (χ2v) is 6.95. The van der Waals surface area contributed by atoms with Gasteiger partial charge in [-0.25, -0.2) is 4.98 Å². The average Bonchev–Trinajstić information content (AvgIpc) is 2.85. The van der Waals surface area contributed by atoms with E-state index in [1.165, 1.54) is 22.8 Å². The van der Waals surface area contributed by atoms with E-state index >= 15 is 0 Å². The number of hydrogen-bond acceptors (Lipinski definition) is 5. The fourth-order valence-electron chi connectivity index (χ4n) is 2.06. The van der Waals surface area contributed by atoms with Gasteiger partial charge in [-0.2, -0.15) is 33.1 Å². The fraction of sp³-hybridized carbons (Fsp3) is 0.500. The van der Waals surface area contributed by atoms with Gasteiger partial charge in [0, 0.05) is 29.1 Å². The zero-order valence-electron chi connectivity index (χ0n) is 10.3. The molecule has 0 aliphatic carbocycles. The third kappa shape index (κ3) is 2.59. The molecule has 0 saturated carbocycles. The molecular formula is C12H16N4S2. The molecule has 1 fully saturated rings. The van der Waals surface area contributed by atoms with Crippen molar-refractivity contribution in [1.82, 2.24) is 14.6 Å². The van der Waals surface area contributed by atoms with Crippen LogP contribution in [0.4, 0.5) is 5.82 Å². The summed E-state index contributed by atoms with van der Waals surface area (Å²) >= 11 is 4.12. The zero-order chi connectivity index (χ0) is 12.4. The van der Waals surface area contributed by atoms with E-state index in [-0.39, 0.29) is 0 Å². The molecule has 6 heteroatoms. The van der Waals surface area contributed by atoms with Crippen LogP contribution >= 0.6 is 23.5 Å². The van der Waals surface area contributed by atoms with Gasteiger partial charge in [-0.05, 0) is 24.6 Å². The van der Waals surface area contributed by atoms with Crippen molar-refractivity contribution in [1.29, 1.82) is 0 Å². The summed E-state index contributed by atoms with van der Waals surface area (Å²) in [6, 6.07) is 4.17. The molecule has 0 amide bonds. The number of aryl methyl sites for hydroxylation is 1. The SMILES string of the molecule is Cc1cc(NCC2CSCCS2)n2ncnc2c1. The first-order valence-electron chi connectivity index (χ1n) is 6.06. The quantitative estimate of drug-likeness (QED) is 0.934. The number of fused-ring (bicyclic) bond motifs is 1. The van der Waals surface area contributed by atoms with Gasteiger partial charge in [-0.3, -0.25) is 0 Å². The minimum atomic E-state index is 0.697. The number of nitrogens with one attached hydrogen (secondary N) is 1. The van der Waals surface area contributed by atoms with E-state index < -0.39 is 0 Å². The lowest BCUT2D eigenvalue weighted by Gasteiger charge is -2.21. The van der Waals surface area contributed by atoms with E-state index in [9.17, 15) is 0 Å². The molecule has 3 rings (SSSR count). The second-order valence-electron chi connectivity index (χ2n) is 4.40. The third-order valence-corrected chi connectivity index (χ3v) is 5.76. The Bertz CT molecular complexity index is 534. The van der Waals surface area contributed by atoms with Crippen LogP contribution in [0.3, 0.4) is 0 Å². The maximum atomic E-state index is 4.25. The molecule has 3 heterocycles. The molecule has 96 valence electrons. The number of thioether (sulfide) groups is 2. The number of nitrogens with zero attached hydrogens (tertiary/aromatic N) is 3. The van der Waals surface area contributed by atoms with E-state index in [0.717, 1.165) is 18.0 Å². The van der Waals surface area contributed by atoms with Crippen molar-refractivity contribution in [3.8, 4) is 0 Å². The highest BCUT2D eigenvalue weighted by Gasteiger charge is 2.14. The molecule has 2 aromatic heterocycles. The molecule has 1 atom stereocenters. The van der Waals surface area contributed by atoms with Crippen molar-refractivity contribution < 1.29 is 0 Å². The van der Waals surface area contributed by atoms with E-state index in [4.69, 9.17) is 0 Å². The van der Waals surface area contributed by atoms with E-state index in [1.807, 2.05) is 10.6 Å². The largest absolute Gasteiger partial charge is 0.369 e. The maximum Gasteiger partial charge on any atom is 0.157 e. The van der Waals surface area contributed by atoms with Gasteiger partial charge < -0.3 is 5.32 Å². The summed E-state index contributed by atoms with van der Waals surface area (Å²) in [6.45, 7) is 3.08. The average molecular weight is 280 g/mol. The topological polar surface area (TPSA) is 42.2 Å². The van der Waals surface area contributed by atoms with Crippen molar-refractivity contribution in [2.75, 3.05) is 29.1 Å². The Labute approximate surface area is 115 Å². The molecule has 1 aliphatic rings. The number of rotatable bonds is 3. The van der Waals surface area contributed by atoms with E-state index in [2.05, 4.69) is 51.9 Å². The van der Waals surface area contributed by atoms with Gasteiger partial charge in [0.1, 0.15) is 12.1 Å². The molecule has 18 heavy (non-hydrogen) atoms. The summed E-state index contributed by atoms with van der Waals surface area (Å²) in [7, 11) is 0. The highest BCUT2D eigenvalue weighted by molar-refractivity contribution is 8.06. The first kappa shape index (κ1) is 12.2. The molecule has 1 saturated heterocycles. The molecule has 1 N–H and O–H groups in total. The molecular weight excluding hydrogens is 264 g/mol. The Balaban J connectivity index is 1.75. The zero-order valence-corrected chi connectivity index (χ0v) is 11.9. The first-order chi connectivity index (χ1) is 8.83. The van der Waals surface area contributed by atoms with Gasteiger partial charge in [0.15, 0.2) is 5.65 Å². The fourth-order valence-corrected chi connectivity index (χ4v) is 4.67. The lowest BCUT2D eigenvalue weighted by atomic mass is 10.3. The third-order valence-electron chi connectivity index (χ3n) is 2.92. The summed E-state index contributed by atoms with van der Waals surface area (Å²) in [5.74, 6) is 4.84. The summed E-state index contributed by atoms with van der Waals surface area (Å²) in [6.07, 6.45) is 1.60. The lowest BCUT2D eigenvalue weighted by molar-refractivity contribution is 0.922. The van der Waals surface area contributed by atoms with Gasteiger partial charge in [0.25, 0.3) is 0 Å². The van der Waals surface area contributed by atoms with Crippen LogP contribution in [0, 0.1) is 6.92 Å². The molecule has 0 radical (unpaired) electrons. The van der Waals surface area contributed by atoms with Crippen molar-refractivity contribution in [3.63, 3.8) is 0 Å². The summed E-state index contributed by atoms with van der Waals surface area (Å²) in [4.78, 5) is 4.24. The van der Waals surface area contributed by atoms with Crippen LogP contribution in [0.5, 0.6) is 0 Å². The predicted octanol–water partition coefficient (Wildman–Crippen LogP) is 2.30. The Hall–Kier alpha value is -0.880. The minimum Gasteiger partial charge on any atom is -0.369 e. The predicted molar refractivity (Wildman–Crippen MR) is 79.8 cm³/mol. The Morgan fingerprint density at radius 2 is 2.39 bits per heavy atom. The first-order valence-corrected chi connectivity index (χ1v) is 8.27. The highest BCUT2D eigenvalue weighted by atomic mass is 32.2. The van der Waals surface area contributed by atoms with Gasteiger partial charge in [-0.1, -0.05) is 0 Å². The summed E-state index contributed by atoms with van der Waals surface area (Å²) < 4.78 is 1.87. The molecule has 4 nitrogen and oxygen atoms in total. The minimum absolute atomic E-state index is 0.697. The van der Waals surface area contributed by atoms with Crippen LogP contribution in [-0.2, 0) is 0 Å². The Morgan fingerprint density at radius 3 is 3.22 bits per heavy atom.